The molecule has 33 heavy (non-hydrogen) atoms. The Morgan fingerprint density at radius 2 is 1.82 bits per heavy atom. The van der Waals surface area contributed by atoms with Gasteiger partial charge in [0, 0.05) is 36.7 Å². The summed E-state index contributed by atoms with van der Waals surface area (Å²) in [5.74, 6) is 0.634. The number of benzene rings is 2. The molecule has 0 radical (unpaired) electrons. The first-order valence-corrected chi connectivity index (χ1v) is 10.9. The minimum Gasteiger partial charge on any atom is -0.493 e. The Hall–Kier alpha value is -3.80. The fraction of sp³-hybridized carbons (Fsp3) is 0.259. The van der Waals surface area contributed by atoms with Crippen LogP contribution in [-0.4, -0.2) is 35.5 Å². The van der Waals surface area contributed by atoms with Gasteiger partial charge in [0.1, 0.15) is 11.5 Å². The van der Waals surface area contributed by atoms with E-state index in [4.69, 9.17) is 14.3 Å². The van der Waals surface area contributed by atoms with E-state index in [1.807, 2.05) is 61.5 Å². The predicted octanol–water partition coefficient (Wildman–Crippen LogP) is 5.72. The number of hydrogen-bond donors (Lipinski definition) is 1. The van der Waals surface area contributed by atoms with Crippen molar-refractivity contribution >= 4 is 11.9 Å². The molecule has 1 N–H and O–H groups in total. The Bertz CT molecular complexity index is 1080. The number of carbonyl (C=O) groups excluding carboxylic acids is 1. The fourth-order valence-electron chi connectivity index (χ4n) is 3.42. The Balaban J connectivity index is 1.59. The molecule has 0 aliphatic heterocycles. The second-order valence-electron chi connectivity index (χ2n) is 7.87. The monoisotopic (exact) mass is 447 g/mol. The van der Waals surface area contributed by atoms with Crippen molar-refractivity contribution in [2.75, 3.05) is 13.7 Å². The van der Waals surface area contributed by atoms with Gasteiger partial charge in [-0.1, -0.05) is 42.0 Å². The molecule has 1 heterocycles. The van der Waals surface area contributed by atoms with E-state index in [-0.39, 0.29) is 12.3 Å². The number of carboxylic acids is 1. The molecule has 2 aromatic carbocycles. The molecule has 0 saturated carbocycles. The zero-order valence-electron chi connectivity index (χ0n) is 19.0. The molecule has 0 spiro atoms. The molecular weight excluding hydrogens is 418 g/mol. The van der Waals surface area contributed by atoms with E-state index in [1.54, 1.807) is 30.3 Å². The summed E-state index contributed by atoms with van der Waals surface area (Å²) >= 11 is 0. The van der Waals surface area contributed by atoms with Crippen LogP contribution >= 0.6 is 0 Å². The lowest BCUT2D eigenvalue weighted by Gasteiger charge is -2.20. The van der Waals surface area contributed by atoms with Crippen LogP contribution in [-0.2, 0) is 11.3 Å². The maximum absolute atomic E-state index is 13.0. The number of aliphatic carboxylic acids is 1. The first-order chi connectivity index (χ1) is 15.9. The number of furan rings is 1. The van der Waals surface area contributed by atoms with Crippen LogP contribution in [0, 0.1) is 6.92 Å². The number of nitrogens with zero attached hydrogens (tertiary/aromatic N) is 1. The van der Waals surface area contributed by atoms with Gasteiger partial charge in [0.2, 0.25) is 0 Å². The number of rotatable bonds is 11. The van der Waals surface area contributed by atoms with Crippen molar-refractivity contribution in [3.05, 3.63) is 89.7 Å². The average molecular weight is 448 g/mol. The van der Waals surface area contributed by atoms with E-state index in [0.29, 0.717) is 31.6 Å². The fourth-order valence-corrected chi connectivity index (χ4v) is 3.42. The molecule has 3 aromatic rings. The van der Waals surface area contributed by atoms with E-state index >= 15 is 0 Å². The summed E-state index contributed by atoms with van der Waals surface area (Å²) in [4.78, 5) is 25.2. The Morgan fingerprint density at radius 1 is 1.06 bits per heavy atom. The van der Waals surface area contributed by atoms with Gasteiger partial charge in [-0.05, 0) is 50.1 Å². The number of ether oxygens (including phenoxy) is 1. The minimum atomic E-state index is -0.799. The molecule has 6 nitrogen and oxygen atoms in total. The van der Waals surface area contributed by atoms with Crippen molar-refractivity contribution in [1.29, 1.82) is 0 Å². The molecule has 1 amide bonds. The van der Waals surface area contributed by atoms with Crippen LogP contribution in [0.4, 0.5) is 0 Å². The second-order valence-corrected chi connectivity index (χ2v) is 7.87. The van der Waals surface area contributed by atoms with Gasteiger partial charge in [0.05, 0.1) is 12.9 Å². The van der Waals surface area contributed by atoms with E-state index in [2.05, 4.69) is 0 Å². The normalized spacial score (nSPS) is 11.0. The summed E-state index contributed by atoms with van der Waals surface area (Å²) in [5.41, 5.74) is 3.56. The van der Waals surface area contributed by atoms with Crippen molar-refractivity contribution in [2.45, 2.75) is 32.7 Å². The van der Waals surface area contributed by atoms with Gasteiger partial charge in [-0.2, -0.15) is 0 Å². The first-order valence-electron chi connectivity index (χ1n) is 10.9. The largest absolute Gasteiger partial charge is 0.493 e. The van der Waals surface area contributed by atoms with E-state index in [0.717, 1.165) is 28.2 Å². The SMILES string of the molecule is Cc1ccc(OCC/C=C/CCC(=O)O)c(CN(C)C(=O)c2ccc(-c3ccco3)cc2)c1. The number of aryl methyl sites for hydroxylation is 1. The highest BCUT2D eigenvalue weighted by atomic mass is 16.5. The zero-order valence-corrected chi connectivity index (χ0v) is 19.0. The topological polar surface area (TPSA) is 80.0 Å². The Kier molecular flexibility index (Phi) is 8.47. The maximum atomic E-state index is 13.0. The summed E-state index contributed by atoms with van der Waals surface area (Å²) in [6.07, 6.45) is 6.74. The van der Waals surface area contributed by atoms with Crippen molar-refractivity contribution < 1.29 is 23.8 Å². The van der Waals surface area contributed by atoms with Crippen molar-refractivity contribution in [1.82, 2.24) is 4.90 Å². The molecule has 0 aliphatic rings. The molecule has 1 aromatic heterocycles. The van der Waals surface area contributed by atoms with Gasteiger partial charge in [-0.15, -0.1) is 0 Å². The molecule has 0 saturated heterocycles. The van der Waals surface area contributed by atoms with Crippen LogP contribution in [0.5, 0.6) is 5.75 Å². The van der Waals surface area contributed by atoms with E-state index in [1.165, 1.54) is 0 Å². The van der Waals surface area contributed by atoms with Gasteiger partial charge in [0.15, 0.2) is 0 Å². The van der Waals surface area contributed by atoms with Gasteiger partial charge in [0.25, 0.3) is 5.91 Å². The lowest BCUT2D eigenvalue weighted by atomic mass is 10.1. The van der Waals surface area contributed by atoms with Crippen LogP contribution < -0.4 is 4.74 Å². The molecular formula is C27H29NO5. The predicted molar refractivity (Wildman–Crippen MR) is 127 cm³/mol. The van der Waals surface area contributed by atoms with E-state index in [9.17, 15) is 9.59 Å². The highest BCUT2D eigenvalue weighted by Crippen LogP contribution is 2.24. The summed E-state index contributed by atoms with van der Waals surface area (Å²) < 4.78 is 11.3. The van der Waals surface area contributed by atoms with Crippen LogP contribution in [0.3, 0.4) is 0 Å². The molecule has 6 heteroatoms. The number of hydrogen-bond acceptors (Lipinski definition) is 4. The first kappa shape index (κ1) is 23.9. The minimum absolute atomic E-state index is 0.0742. The molecule has 3 rings (SSSR count). The molecule has 0 atom stereocenters. The second kappa shape index (κ2) is 11.7. The lowest BCUT2D eigenvalue weighted by Crippen LogP contribution is -2.26. The highest BCUT2D eigenvalue weighted by molar-refractivity contribution is 5.94. The molecule has 0 unspecified atom stereocenters. The standard InChI is InChI=1S/C27H29NO5/c1-20-10-15-25(32-16-6-4-3-5-9-26(29)30)23(18-20)19-28(2)27(31)22-13-11-21(12-14-22)24-8-7-17-33-24/h3-4,7-8,10-15,17-18H,5-6,9,16,19H2,1-2H3,(H,29,30)/b4-3+. The van der Waals surface area contributed by atoms with Crippen LogP contribution in [0.25, 0.3) is 11.3 Å². The van der Waals surface area contributed by atoms with Crippen molar-refractivity contribution in [3.8, 4) is 17.1 Å². The summed E-state index contributed by atoms with van der Waals surface area (Å²) in [6, 6.07) is 17.0. The van der Waals surface area contributed by atoms with Gasteiger partial charge in [-0.3, -0.25) is 9.59 Å². The number of carboxylic acid groups (broad SMARTS) is 1. The van der Waals surface area contributed by atoms with Crippen LogP contribution in [0.15, 0.2) is 77.4 Å². The zero-order chi connectivity index (χ0) is 23.6. The summed E-state index contributed by atoms with van der Waals surface area (Å²) in [7, 11) is 1.78. The maximum Gasteiger partial charge on any atom is 0.303 e. The number of amides is 1. The van der Waals surface area contributed by atoms with Crippen LogP contribution in [0.1, 0.15) is 40.7 Å². The third kappa shape index (κ3) is 7.10. The van der Waals surface area contributed by atoms with Crippen LogP contribution in [0.2, 0.25) is 0 Å². The smallest absolute Gasteiger partial charge is 0.303 e. The quantitative estimate of drug-likeness (QED) is 0.300. The highest BCUT2D eigenvalue weighted by Gasteiger charge is 2.15. The number of allylic oxidation sites excluding steroid dienone is 1. The number of carbonyl (C=O) groups is 2. The van der Waals surface area contributed by atoms with E-state index < -0.39 is 5.97 Å². The Labute approximate surface area is 194 Å². The molecule has 0 fully saturated rings. The average Bonchev–Trinajstić information content (AvgIpc) is 3.34. The molecule has 0 aliphatic carbocycles. The summed E-state index contributed by atoms with van der Waals surface area (Å²) in [5, 5.41) is 8.66. The van der Waals surface area contributed by atoms with Crippen molar-refractivity contribution in [2.24, 2.45) is 0 Å². The third-order valence-electron chi connectivity index (χ3n) is 5.14. The third-order valence-corrected chi connectivity index (χ3v) is 5.14. The van der Waals surface area contributed by atoms with Gasteiger partial charge in [-0.25, -0.2) is 0 Å². The molecule has 0 bridgehead atoms. The van der Waals surface area contributed by atoms with Crippen molar-refractivity contribution in [3.63, 3.8) is 0 Å². The Morgan fingerprint density at radius 3 is 2.52 bits per heavy atom. The summed E-state index contributed by atoms with van der Waals surface area (Å²) in [6.45, 7) is 2.91. The lowest BCUT2D eigenvalue weighted by molar-refractivity contribution is -0.136. The van der Waals surface area contributed by atoms with Gasteiger partial charge >= 0.3 is 5.97 Å². The molecule has 172 valence electrons. The van der Waals surface area contributed by atoms with Gasteiger partial charge < -0.3 is 19.2 Å².